The number of nitrogens with one attached hydrogen (secondary N) is 2. The van der Waals surface area contributed by atoms with Crippen LogP contribution in [-0.4, -0.2) is 32.5 Å². The average Bonchev–Trinajstić information content (AvgIpc) is 3.28. The monoisotopic (exact) mass is 359 g/mol. The van der Waals surface area contributed by atoms with Gasteiger partial charge in [-0.25, -0.2) is 0 Å². The summed E-state index contributed by atoms with van der Waals surface area (Å²) < 4.78 is 0. The highest BCUT2D eigenvalue weighted by Crippen LogP contribution is 2.27. The summed E-state index contributed by atoms with van der Waals surface area (Å²) in [7, 11) is 0. The molecule has 4 rings (SSSR count). The Balaban J connectivity index is 1.38. The van der Waals surface area contributed by atoms with Gasteiger partial charge in [-0.15, -0.1) is 0 Å². The Hall–Kier alpha value is -3.25. The number of hydrogen-bond acceptors (Lipinski definition) is 4. The number of aromatic nitrogens is 3. The Bertz CT molecular complexity index is 949. The third-order valence-electron chi connectivity index (χ3n) is 4.81. The number of fused-ring (bicyclic) bond motifs is 1. The van der Waals surface area contributed by atoms with Crippen molar-refractivity contribution >= 4 is 17.3 Å². The number of carbonyl (C=O) groups is 1. The largest absolute Gasteiger partial charge is 0.305 e. The molecule has 27 heavy (non-hydrogen) atoms. The van der Waals surface area contributed by atoms with Gasteiger partial charge >= 0.3 is 0 Å². The number of H-pyrrole nitrogens is 1. The summed E-state index contributed by atoms with van der Waals surface area (Å²) >= 11 is 0. The maximum absolute atomic E-state index is 12.5. The number of pyridine rings is 1. The van der Waals surface area contributed by atoms with Crippen LogP contribution in [0.2, 0.25) is 0 Å². The summed E-state index contributed by atoms with van der Waals surface area (Å²) in [4.78, 5) is 18.8. The van der Waals surface area contributed by atoms with Crippen LogP contribution in [0.1, 0.15) is 22.4 Å². The van der Waals surface area contributed by atoms with Crippen LogP contribution in [0.15, 0.2) is 61.4 Å². The van der Waals surface area contributed by atoms with E-state index in [0.29, 0.717) is 11.4 Å². The quantitative estimate of drug-likeness (QED) is 0.664. The highest BCUT2D eigenvalue weighted by atomic mass is 16.1. The van der Waals surface area contributed by atoms with Gasteiger partial charge in [0.1, 0.15) is 0 Å². The van der Waals surface area contributed by atoms with E-state index < -0.39 is 0 Å². The van der Waals surface area contributed by atoms with E-state index in [4.69, 9.17) is 0 Å². The van der Waals surface area contributed by atoms with Gasteiger partial charge in [0.15, 0.2) is 5.82 Å². The number of nitrogens with zero attached hydrogens (tertiary/aromatic N) is 3. The van der Waals surface area contributed by atoms with Gasteiger partial charge in [0.05, 0.1) is 5.69 Å². The lowest BCUT2D eigenvalue weighted by Crippen LogP contribution is -2.21. The molecule has 0 fully saturated rings. The highest BCUT2D eigenvalue weighted by Gasteiger charge is 2.25. The van der Waals surface area contributed by atoms with E-state index in [1.165, 1.54) is 5.56 Å². The second-order valence-electron chi connectivity index (χ2n) is 6.64. The van der Waals surface area contributed by atoms with Gasteiger partial charge < -0.3 is 5.32 Å². The normalized spacial score (nSPS) is 13.3. The van der Waals surface area contributed by atoms with E-state index in [1.54, 1.807) is 24.5 Å². The molecule has 0 spiro atoms. The molecule has 3 aromatic rings. The lowest BCUT2D eigenvalue weighted by atomic mass is 10.1. The molecule has 0 unspecified atom stereocenters. The molecule has 0 aliphatic carbocycles. The number of amides is 1. The number of anilines is 1. The highest BCUT2D eigenvalue weighted by molar-refractivity contribution is 6.24. The molecule has 6 nitrogen and oxygen atoms in total. The van der Waals surface area contributed by atoms with Gasteiger partial charge in [-0.2, -0.15) is 5.10 Å². The van der Waals surface area contributed by atoms with Crippen LogP contribution < -0.4 is 5.32 Å². The van der Waals surface area contributed by atoms with Crippen molar-refractivity contribution < 1.29 is 4.79 Å². The van der Waals surface area contributed by atoms with E-state index >= 15 is 0 Å². The first-order valence-corrected chi connectivity index (χ1v) is 8.94. The van der Waals surface area contributed by atoms with Crippen molar-refractivity contribution in [2.75, 3.05) is 11.9 Å². The zero-order valence-corrected chi connectivity index (χ0v) is 15.0. The Kier molecular flexibility index (Phi) is 4.80. The first-order valence-electron chi connectivity index (χ1n) is 8.94. The molecule has 1 amide bonds. The van der Waals surface area contributed by atoms with Crippen LogP contribution >= 0.6 is 0 Å². The van der Waals surface area contributed by atoms with Crippen molar-refractivity contribution in [3.8, 4) is 0 Å². The molecule has 2 N–H and O–H groups in total. The van der Waals surface area contributed by atoms with Gasteiger partial charge in [0.25, 0.3) is 5.91 Å². The number of hydrogen-bond donors (Lipinski definition) is 2. The molecule has 1 aromatic carbocycles. The topological polar surface area (TPSA) is 73.9 Å². The Labute approximate surface area is 157 Å². The van der Waals surface area contributed by atoms with Crippen LogP contribution in [-0.2, 0) is 24.3 Å². The van der Waals surface area contributed by atoms with Crippen molar-refractivity contribution in [2.24, 2.45) is 0 Å². The van der Waals surface area contributed by atoms with Crippen LogP contribution in [0.5, 0.6) is 0 Å². The van der Waals surface area contributed by atoms with Crippen LogP contribution in [0.25, 0.3) is 5.57 Å². The van der Waals surface area contributed by atoms with Gasteiger partial charge in [0.2, 0.25) is 0 Å². The first kappa shape index (κ1) is 17.2. The summed E-state index contributed by atoms with van der Waals surface area (Å²) in [5.74, 6) is 0.339. The average molecular weight is 359 g/mol. The van der Waals surface area contributed by atoms with Gasteiger partial charge in [-0.3, -0.25) is 19.8 Å². The standard InChI is InChI=1S/C21H21N5O/c1-15(17-7-10-22-11-8-17)21(27)23-20-18-13-26(14-19(18)24-25-20)12-9-16-5-3-2-4-6-16/h2-8,10-11H,1,9,12-14H2,(H2,23,24,25,27). The zero-order valence-electron chi connectivity index (χ0n) is 15.0. The molecule has 1 aliphatic heterocycles. The minimum Gasteiger partial charge on any atom is -0.305 e. The van der Waals surface area contributed by atoms with Gasteiger partial charge in [-0.1, -0.05) is 36.9 Å². The van der Waals surface area contributed by atoms with Crippen LogP contribution in [0.4, 0.5) is 5.82 Å². The molecule has 0 radical (unpaired) electrons. The van der Waals surface area contributed by atoms with Gasteiger partial charge in [-0.05, 0) is 29.7 Å². The second kappa shape index (κ2) is 7.55. The molecule has 2 aromatic heterocycles. The molecule has 0 saturated heterocycles. The van der Waals surface area contributed by atoms with E-state index in [-0.39, 0.29) is 5.91 Å². The SMILES string of the molecule is C=C(C(=O)Nc1n[nH]c2c1CN(CCc1ccccc1)C2)c1ccncc1. The van der Waals surface area contributed by atoms with Crippen molar-refractivity contribution in [2.45, 2.75) is 19.5 Å². The van der Waals surface area contributed by atoms with Crippen molar-refractivity contribution in [3.63, 3.8) is 0 Å². The number of rotatable bonds is 6. The lowest BCUT2D eigenvalue weighted by Gasteiger charge is -2.15. The lowest BCUT2D eigenvalue weighted by molar-refractivity contribution is -0.111. The van der Waals surface area contributed by atoms with Crippen molar-refractivity contribution in [1.29, 1.82) is 0 Å². The van der Waals surface area contributed by atoms with E-state index in [1.807, 2.05) is 6.07 Å². The van der Waals surface area contributed by atoms with Gasteiger partial charge in [0, 0.05) is 43.2 Å². The smallest absolute Gasteiger partial charge is 0.256 e. The zero-order chi connectivity index (χ0) is 18.6. The molecule has 0 bridgehead atoms. The number of aromatic amines is 1. The third kappa shape index (κ3) is 3.80. The maximum atomic E-state index is 12.5. The molecule has 3 heterocycles. The second-order valence-corrected chi connectivity index (χ2v) is 6.64. The summed E-state index contributed by atoms with van der Waals surface area (Å²) in [6.07, 6.45) is 4.29. The molecule has 136 valence electrons. The van der Waals surface area contributed by atoms with Crippen molar-refractivity contribution in [1.82, 2.24) is 20.1 Å². The molecule has 6 heteroatoms. The number of benzene rings is 1. The predicted octanol–water partition coefficient (Wildman–Crippen LogP) is 3.01. The van der Waals surface area contributed by atoms with Crippen LogP contribution in [0.3, 0.4) is 0 Å². The minimum absolute atomic E-state index is 0.252. The maximum Gasteiger partial charge on any atom is 0.256 e. The predicted molar refractivity (Wildman–Crippen MR) is 105 cm³/mol. The summed E-state index contributed by atoms with van der Waals surface area (Å²) in [6, 6.07) is 14.0. The van der Waals surface area contributed by atoms with E-state index in [0.717, 1.165) is 42.9 Å². The Morgan fingerprint density at radius 1 is 1.15 bits per heavy atom. The Morgan fingerprint density at radius 3 is 2.70 bits per heavy atom. The first-order chi connectivity index (χ1) is 13.2. The molecule has 0 saturated carbocycles. The Morgan fingerprint density at radius 2 is 1.93 bits per heavy atom. The number of carbonyl (C=O) groups excluding carboxylic acids is 1. The third-order valence-corrected chi connectivity index (χ3v) is 4.81. The van der Waals surface area contributed by atoms with E-state index in [2.05, 4.69) is 56.2 Å². The minimum atomic E-state index is -0.252. The fourth-order valence-corrected chi connectivity index (χ4v) is 3.27. The summed E-state index contributed by atoms with van der Waals surface area (Å²) in [6.45, 7) is 6.44. The summed E-state index contributed by atoms with van der Waals surface area (Å²) in [5, 5.41) is 10.2. The molecular formula is C21H21N5O. The molecule has 0 atom stereocenters. The fraction of sp³-hybridized carbons (Fsp3) is 0.190. The van der Waals surface area contributed by atoms with E-state index in [9.17, 15) is 4.79 Å². The van der Waals surface area contributed by atoms with Crippen molar-refractivity contribution in [3.05, 3.63) is 83.8 Å². The fourth-order valence-electron chi connectivity index (χ4n) is 3.27. The van der Waals surface area contributed by atoms with Crippen LogP contribution in [0, 0.1) is 0 Å². The molecule has 1 aliphatic rings. The molecular weight excluding hydrogens is 338 g/mol. The summed E-state index contributed by atoms with van der Waals surface area (Å²) in [5.41, 5.74) is 4.59.